The predicted octanol–water partition coefficient (Wildman–Crippen LogP) is 2.48. The van der Waals surface area contributed by atoms with E-state index in [0.29, 0.717) is 25.5 Å². The minimum Gasteiger partial charge on any atom is -0.466 e. The molecule has 0 fully saturated rings. The van der Waals surface area contributed by atoms with Crippen molar-refractivity contribution >= 4 is 5.97 Å². The number of carbonyl (C=O) groups is 1. The molecule has 2 N–H and O–H groups in total. The van der Waals surface area contributed by atoms with Crippen molar-refractivity contribution < 1.29 is 9.53 Å². The van der Waals surface area contributed by atoms with Crippen molar-refractivity contribution in [2.24, 2.45) is 11.7 Å². The van der Waals surface area contributed by atoms with Crippen molar-refractivity contribution in [2.45, 2.75) is 52.4 Å². The molecule has 0 saturated carbocycles. The van der Waals surface area contributed by atoms with Gasteiger partial charge in [-0.2, -0.15) is 0 Å². The first-order valence-electron chi connectivity index (χ1n) is 6.02. The first-order chi connectivity index (χ1) is 7.16. The molecule has 0 aliphatic carbocycles. The number of ether oxygens (including phenoxy) is 1. The van der Waals surface area contributed by atoms with E-state index in [2.05, 4.69) is 13.8 Å². The lowest BCUT2D eigenvalue weighted by molar-refractivity contribution is -0.143. The van der Waals surface area contributed by atoms with Gasteiger partial charge in [0.15, 0.2) is 0 Å². The third-order valence-electron chi connectivity index (χ3n) is 2.27. The van der Waals surface area contributed by atoms with Gasteiger partial charge >= 0.3 is 5.97 Å². The molecule has 0 aromatic carbocycles. The topological polar surface area (TPSA) is 52.3 Å². The zero-order valence-electron chi connectivity index (χ0n) is 10.1. The van der Waals surface area contributed by atoms with Crippen LogP contribution < -0.4 is 5.73 Å². The Hall–Kier alpha value is -0.570. The Morgan fingerprint density at radius 3 is 2.53 bits per heavy atom. The van der Waals surface area contributed by atoms with E-state index >= 15 is 0 Å². The van der Waals surface area contributed by atoms with Crippen LogP contribution >= 0.6 is 0 Å². The average Bonchev–Trinajstić information content (AvgIpc) is 2.19. The van der Waals surface area contributed by atoms with Crippen LogP contribution in [-0.4, -0.2) is 19.1 Å². The van der Waals surface area contributed by atoms with Crippen molar-refractivity contribution in [3.8, 4) is 0 Å². The molecule has 0 aliphatic rings. The van der Waals surface area contributed by atoms with Gasteiger partial charge in [0.25, 0.3) is 0 Å². The van der Waals surface area contributed by atoms with Gasteiger partial charge in [0.2, 0.25) is 0 Å². The van der Waals surface area contributed by atoms with E-state index in [9.17, 15) is 4.79 Å². The van der Waals surface area contributed by atoms with Gasteiger partial charge in [0, 0.05) is 6.42 Å². The van der Waals surface area contributed by atoms with Gasteiger partial charge in [-0.3, -0.25) is 4.79 Å². The molecule has 0 spiro atoms. The maximum atomic E-state index is 11.2. The average molecular weight is 215 g/mol. The summed E-state index contributed by atoms with van der Waals surface area (Å²) in [7, 11) is 0. The van der Waals surface area contributed by atoms with Crippen molar-refractivity contribution in [3.63, 3.8) is 0 Å². The number of nitrogens with two attached hydrogens (primary N) is 1. The van der Waals surface area contributed by atoms with Gasteiger partial charge in [0.1, 0.15) is 0 Å². The molecule has 0 atom stereocenters. The first kappa shape index (κ1) is 14.4. The second-order valence-corrected chi connectivity index (χ2v) is 4.36. The fourth-order valence-electron chi connectivity index (χ4n) is 1.34. The maximum absolute atomic E-state index is 11.2. The molecule has 0 amide bonds. The number of hydrogen-bond acceptors (Lipinski definition) is 3. The van der Waals surface area contributed by atoms with Gasteiger partial charge in [-0.05, 0) is 38.1 Å². The predicted molar refractivity (Wildman–Crippen MR) is 62.6 cm³/mol. The van der Waals surface area contributed by atoms with Gasteiger partial charge in [-0.15, -0.1) is 0 Å². The SMILES string of the molecule is CC(C)CCCOC(=O)CCCCCN. The summed E-state index contributed by atoms with van der Waals surface area (Å²) in [5, 5.41) is 0. The van der Waals surface area contributed by atoms with Crippen LogP contribution in [0, 0.1) is 5.92 Å². The number of esters is 1. The molecule has 3 heteroatoms. The first-order valence-corrected chi connectivity index (χ1v) is 6.02. The van der Waals surface area contributed by atoms with E-state index in [4.69, 9.17) is 10.5 Å². The summed E-state index contributed by atoms with van der Waals surface area (Å²) < 4.78 is 5.10. The van der Waals surface area contributed by atoms with E-state index in [1.54, 1.807) is 0 Å². The van der Waals surface area contributed by atoms with Crippen LogP contribution in [0.15, 0.2) is 0 Å². The van der Waals surface area contributed by atoms with Crippen molar-refractivity contribution in [1.82, 2.24) is 0 Å². The van der Waals surface area contributed by atoms with Crippen LogP contribution in [0.5, 0.6) is 0 Å². The van der Waals surface area contributed by atoms with Gasteiger partial charge in [-0.1, -0.05) is 20.3 Å². The fourth-order valence-corrected chi connectivity index (χ4v) is 1.34. The largest absolute Gasteiger partial charge is 0.466 e. The molecule has 0 bridgehead atoms. The van der Waals surface area contributed by atoms with Gasteiger partial charge in [0.05, 0.1) is 6.61 Å². The van der Waals surface area contributed by atoms with Crippen LogP contribution in [0.2, 0.25) is 0 Å². The molecule has 0 radical (unpaired) electrons. The van der Waals surface area contributed by atoms with Gasteiger partial charge < -0.3 is 10.5 Å². The summed E-state index contributed by atoms with van der Waals surface area (Å²) in [4.78, 5) is 11.2. The highest BCUT2D eigenvalue weighted by atomic mass is 16.5. The number of carbonyl (C=O) groups excluding carboxylic acids is 1. The summed E-state index contributed by atoms with van der Waals surface area (Å²) in [6, 6.07) is 0. The van der Waals surface area contributed by atoms with Crippen molar-refractivity contribution in [2.75, 3.05) is 13.2 Å². The number of rotatable bonds is 9. The minimum absolute atomic E-state index is 0.0595. The van der Waals surface area contributed by atoms with Crippen LogP contribution in [0.25, 0.3) is 0 Å². The highest BCUT2D eigenvalue weighted by Crippen LogP contribution is 2.05. The highest BCUT2D eigenvalue weighted by Gasteiger charge is 2.02. The van der Waals surface area contributed by atoms with E-state index in [1.807, 2.05) is 0 Å². The summed E-state index contributed by atoms with van der Waals surface area (Å²) >= 11 is 0. The van der Waals surface area contributed by atoms with Crippen LogP contribution in [0.3, 0.4) is 0 Å². The molecular formula is C12H25NO2. The monoisotopic (exact) mass is 215 g/mol. The fraction of sp³-hybridized carbons (Fsp3) is 0.917. The lowest BCUT2D eigenvalue weighted by Gasteiger charge is -2.06. The number of unbranched alkanes of at least 4 members (excludes halogenated alkanes) is 2. The Kier molecular flexibility index (Phi) is 9.59. The molecule has 0 aromatic heterocycles. The molecule has 0 rings (SSSR count). The second-order valence-electron chi connectivity index (χ2n) is 4.36. The standard InChI is InChI=1S/C12H25NO2/c1-11(2)7-6-10-15-12(14)8-4-3-5-9-13/h11H,3-10,13H2,1-2H3. The Morgan fingerprint density at radius 2 is 1.93 bits per heavy atom. The molecule has 90 valence electrons. The quantitative estimate of drug-likeness (QED) is 0.475. The second kappa shape index (κ2) is 9.97. The molecule has 0 aliphatic heterocycles. The number of hydrogen-bond donors (Lipinski definition) is 1. The molecule has 0 aromatic rings. The van der Waals surface area contributed by atoms with Crippen LogP contribution in [-0.2, 0) is 9.53 Å². The Labute approximate surface area is 93.4 Å². The maximum Gasteiger partial charge on any atom is 0.305 e. The van der Waals surface area contributed by atoms with E-state index in [0.717, 1.165) is 32.1 Å². The smallest absolute Gasteiger partial charge is 0.305 e. The summed E-state index contributed by atoms with van der Waals surface area (Å²) in [6.45, 7) is 5.64. The molecular weight excluding hydrogens is 190 g/mol. The van der Waals surface area contributed by atoms with E-state index < -0.39 is 0 Å². The molecule has 0 unspecified atom stereocenters. The molecule has 0 saturated heterocycles. The summed E-state index contributed by atoms with van der Waals surface area (Å²) in [5.41, 5.74) is 5.36. The van der Waals surface area contributed by atoms with Crippen LogP contribution in [0.1, 0.15) is 52.4 Å². The minimum atomic E-state index is -0.0595. The highest BCUT2D eigenvalue weighted by molar-refractivity contribution is 5.69. The van der Waals surface area contributed by atoms with E-state index in [1.165, 1.54) is 0 Å². The zero-order valence-corrected chi connectivity index (χ0v) is 10.1. The third-order valence-corrected chi connectivity index (χ3v) is 2.27. The van der Waals surface area contributed by atoms with Crippen molar-refractivity contribution in [3.05, 3.63) is 0 Å². The summed E-state index contributed by atoms with van der Waals surface area (Å²) in [5.74, 6) is 0.629. The third kappa shape index (κ3) is 11.4. The zero-order chi connectivity index (χ0) is 11.5. The lowest BCUT2D eigenvalue weighted by Crippen LogP contribution is -2.07. The Morgan fingerprint density at radius 1 is 1.20 bits per heavy atom. The van der Waals surface area contributed by atoms with Gasteiger partial charge in [-0.25, -0.2) is 0 Å². The van der Waals surface area contributed by atoms with Crippen molar-refractivity contribution in [1.29, 1.82) is 0 Å². The Balaban J connectivity index is 3.19. The Bertz CT molecular complexity index is 158. The van der Waals surface area contributed by atoms with Crippen LogP contribution in [0.4, 0.5) is 0 Å². The van der Waals surface area contributed by atoms with E-state index in [-0.39, 0.29) is 5.97 Å². The molecule has 0 heterocycles. The lowest BCUT2D eigenvalue weighted by atomic mass is 10.1. The summed E-state index contributed by atoms with van der Waals surface area (Å²) in [6.07, 6.45) is 5.58. The molecule has 3 nitrogen and oxygen atoms in total. The normalized spacial score (nSPS) is 10.7. The molecule has 15 heavy (non-hydrogen) atoms.